The molecule has 0 saturated carbocycles. The van der Waals surface area contributed by atoms with E-state index in [0.29, 0.717) is 0 Å². The van der Waals surface area contributed by atoms with E-state index >= 15 is 0 Å². The van der Waals surface area contributed by atoms with Gasteiger partial charge in [0.1, 0.15) is 5.82 Å². The number of sulfone groups is 1. The molecule has 3 atom stereocenters. The minimum Gasteiger partial charge on any atom is -0.548 e. The van der Waals surface area contributed by atoms with Gasteiger partial charge in [-0.1, -0.05) is 36.4 Å². The summed E-state index contributed by atoms with van der Waals surface area (Å²) in [6.45, 7) is 0. The number of halogens is 1. The van der Waals surface area contributed by atoms with Crippen molar-refractivity contribution in [3.05, 3.63) is 66.0 Å². The highest BCUT2D eigenvalue weighted by atomic mass is 32.2. The summed E-state index contributed by atoms with van der Waals surface area (Å²) in [6, 6.07) is 11.4. The maximum atomic E-state index is 14.1. The van der Waals surface area contributed by atoms with Crippen LogP contribution in [-0.2, 0) is 14.6 Å². The Morgan fingerprint density at radius 3 is 2.33 bits per heavy atom. The van der Waals surface area contributed by atoms with Gasteiger partial charge in [-0.2, -0.15) is 0 Å². The summed E-state index contributed by atoms with van der Waals surface area (Å²) in [5.41, 5.74) is 0.130. The number of carbonyl (C=O) groups excluding carboxylic acids is 1. The first-order valence-corrected chi connectivity index (χ1v) is 8.96. The van der Waals surface area contributed by atoms with Gasteiger partial charge in [-0.15, -0.1) is 0 Å². The van der Waals surface area contributed by atoms with E-state index in [4.69, 9.17) is 0 Å². The highest BCUT2D eigenvalue weighted by Gasteiger charge is 2.44. The number of carboxylic acid groups (broad SMARTS) is 1. The van der Waals surface area contributed by atoms with E-state index in [1.54, 1.807) is 24.3 Å². The summed E-state index contributed by atoms with van der Waals surface area (Å²) in [5.74, 6) is -1.98. The second-order valence-electron chi connectivity index (χ2n) is 5.67. The SMILES string of the molecule is O=C([O-])C1CC(S(=O)(=O)c2ccccc2)C(c2ccccc2F)N1. The standard InChI is InChI=1S/C17H16FNO4S/c18-13-9-5-4-8-12(13)16-15(10-14(19-16)17(20)21)24(22,23)11-6-2-1-3-7-11/h1-9,14-16,19H,10H2,(H,20,21)/p-1. The van der Waals surface area contributed by atoms with Gasteiger partial charge in [0.25, 0.3) is 0 Å². The van der Waals surface area contributed by atoms with Crippen LogP contribution in [0.15, 0.2) is 59.5 Å². The number of rotatable bonds is 4. The van der Waals surface area contributed by atoms with Crippen LogP contribution < -0.4 is 10.4 Å². The normalized spacial score (nSPS) is 24.0. The van der Waals surface area contributed by atoms with Crippen LogP contribution in [0.2, 0.25) is 0 Å². The van der Waals surface area contributed by atoms with Crippen LogP contribution in [0, 0.1) is 5.82 Å². The molecular formula is C17H15FNO4S-. The van der Waals surface area contributed by atoms with E-state index < -0.39 is 39.0 Å². The lowest BCUT2D eigenvalue weighted by Crippen LogP contribution is -2.42. The van der Waals surface area contributed by atoms with E-state index in [0.717, 1.165) is 0 Å². The van der Waals surface area contributed by atoms with Crippen molar-refractivity contribution in [2.24, 2.45) is 0 Å². The Hall–Kier alpha value is -2.25. The van der Waals surface area contributed by atoms with Crippen LogP contribution in [0.3, 0.4) is 0 Å². The third-order valence-electron chi connectivity index (χ3n) is 4.22. The van der Waals surface area contributed by atoms with E-state index in [2.05, 4.69) is 5.32 Å². The van der Waals surface area contributed by atoms with Crippen LogP contribution in [-0.4, -0.2) is 25.7 Å². The fraction of sp³-hybridized carbons (Fsp3) is 0.235. The fourth-order valence-corrected chi connectivity index (χ4v) is 4.95. The average Bonchev–Trinajstić information content (AvgIpc) is 3.02. The second kappa shape index (κ2) is 6.33. The van der Waals surface area contributed by atoms with Gasteiger partial charge in [-0.3, -0.25) is 0 Å². The monoisotopic (exact) mass is 348 g/mol. The summed E-state index contributed by atoms with van der Waals surface area (Å²) in [6.07, 6.45) is -0.182. The predicted molar refractivity (Wildman–Crippen MR) is 83.1 cm³/mol. The van der Waals surface area contributed by atoms with Gasteiger partial charge < -0.3 is 15.2 Å². The molecule has 1 saturated heterocycles. The highest BCUT2D eigenvalue weighted by Crippen LogP contribution is 2.36. The third-order valence-corrected chi connectivity index (χ3v) is 6.41. The molecule has 1 aliphatic heterocycles. The van der Waals surface area contributed by atoms with Crippen molar-refractivity contribution in [3.63, 3.8) is 0 Å². The van der Waals surface area contributed by atoms with E-state index in [-0.39, 0.29) is 16.9 Å². The van der Waals surface area contributed by atoms with Gasteiger partial charge in [0.05, 0.1) is 22.2 Å². The van der Waals surface area contributed by atoms with Crippen molar-refractivity contribution in [1.82, 2.24) is 5.32 Å². The smallest absolute Gasteiger partial charge is 0.183 e. The van der Waals surface area contributed by atoms with Crippen LogP contribution >= 0.6 is 0 Å². The number of hydrogen-bond donors (Lipinski definition) is 1. The van der Waals surface area contributed by atoms with Crippen LogP contribution in [0.25, 0.3) is 0 Å². The maximum absolute atomic E-state index is 14.1. The number of nitrogens with one attached hydrogen (secondary N) is 1. The maximum Gasteiger partial charge on any atom is 0.183 e. The van der Waals surface area contributed by atoms with Crippen LogP contribution in [0.5, 0.6) is 0 Å². The molecule has 24 heavy (non-hydrogen) atoms. The lowest BCUT2D eigenvalue weighted by Gasteiger charge is -2.21. The molecule has 3 rings (SSSR count). The first-order valence-electron chi connectivity index (χ1n) is 7.41. The van der Waals surface area contributed by atoms with E-state index in [1.807, 2.05) is 0 Å². The van der Waals surface area contributed by atoms with E-state index in [1.165, 1.54) is 30.3 Å². The molecule has 0 bridgehead atoms. The van der Waals surface area contributed by atoms with Gasteiger partial charge in [0.15, 0.2) is 9.84 Å². The molecule has 0 amide bonds. The lowest BCUT2D eigenvalue weighted by molar-refractivity contribution is -0.308. The number of hydrogen-bond acceptors (Lipinski definition) is 5. The molecule has 0 radical (unpaired) electrons. The van der Waals surface area contributed by atoms with Gasteiger partial charge in [-0.25, -0.2) is 12.8 Å². The minimum absolute atomic E-state index is 0.0807. The average molecular weight is 348 g/mol. The molecule has 126 valence electrons. The van der Waals surface area contributed by atoms with Crippen molar-refractivity contribution < 1.29 is 22.7 Å². The molecule has 2 aromatic rings. The van der Waals surface area contributed by atoms with Crippen LogP contribution in [0.1, 0.15) is 18.0 Å². The summed E-state index contributed by atoms with van der Waals surface area (Å²) >= 11 is 0. The van der Waals surface area contributed by atoms with Gasteiger partial charge in [0.2, 0.25) is 0 Å². The molecule has 1 heterocycles. The molecule has 1 N–H and O–H groups in total. The van der Waals surface area contributed by atoms with Crippen LogP contribution in [0.4, 0.5) is 4.39 Å². The molecule has 5 nitrogen and oxygen atoms in total. The molecule has 0 aliphatic carbocycles. The second-order valence-corrected chi connectivity index (χ2v) is 7.84. The summed E-state index contributed by atoms with van der Waals surface area (Å²) in [4.78, 5) is 11.3. The first-order chi connectivity index (χ1) is 11.4. The summed E-state index contributed by atoms with van der Waals surface area (Å²) in [7, 11) is -3.84. The minimum atomic E-state index is -3.84. The Bertz CT molecular complexity index is 854. The molecule has 3 unspecified atom stereocenters. The molecular weight excluding hydrogens is 333 g/mol. The highest BCUT2D eigenvalue weighted by molar-refractivity contribution is 7.92. The largest absolute Gasteiger partial charge is 0.548 e. The molecule has 1 fully saturated rings. The first kappa shape index (κ1) is 16.6. The lowest BCUT2D eigenvalue weighted by atomic mass is 10.0. The van der Waals surface area contributed by atoms with E-state index in [9.17, 15) is 22.7 Å². The Balaban J connectivity index is 2.06. The Morgan fingerprint density at radius 2 is 1.71 bits per heavy atom. The van der Waals surface area contributed by atoms with Crippen molar-refractivity contribution in [2.75, 3.05) is 0 Å². The zero-order valence-electron chi connectivity index (χ0n) is 12.6. The number of carboxylic acids is 1. The number of benzene rings is 2. The molecule has 2 aromatic carbocycles. The molecule has 0 spiro atoms. The Kier molecular flexibility index (Phi) is 4.38. The third kappa shape index (κ3) is 2.92. The topological polar surface area (TPSA) is 86.3 Å². The van der Waals surface area contributed by atoms with Crippen molar-refractivity contribution in [1.29, 1.82) is 0 Å². The number of aliphatic carboxylic acids is 1. The van der Waals surface area contributed by atoms with Crippen molar-refractivity contribution >= 4 is 15.8 Å². The summed E-state index contributed by atoms with van der Waals surface area (Å²) in [5, 5.41) is 12.8. The van der Waals surface area contributed by atoms with Crippen molar-refractivity contribution in [2.45, 2.75) is 28.6 Å². The zero-order chi connectivity index (χ0) is 17.3. The Morgan fingerprint density at radius 1 is 1.08 bits per heavy atom. The Labute approximate surface area is 139 Å². The quantitative estimate of drug-likeness (QED) is 0.884. The molecule has 1 aliphatic rings. The molecule has 7 heteroatoms. The fourth-order valence-electron chi connectivity index (χ4n) is 3.03. The zero-order valence-corrected chi connectivity index (χ0v) is 13.4. The molecule has 0 aromatic heterocycles. The van der Waals surface area contributed by atoms with Gasteiger partial charge >= 0.3 is 0 Å². The summed E-state index contributed by atoms with van der Waals surface area (Å²) < 4.78 is 40.0. The predicted octanol–water partition coefficient (Wildman–Crippen LogP) is 0.821. The number of carbonyl (C=O) groups is 1. The van der Waals surface area contributed by atoms with Gasteiger partial charge in [-0.05, 0) is 24.6 Å². The van der Waals surface area contributed by atoms with Gasteiger partial charge in [0, 0.05) is 11.6 Å². The van der Waals surface area contributed by atoms with Crippen molar-refractivity contribution in [3.8, 4) is 0 Å².